The van der Waals surface area contributed by atoms with Gasteiger partial charge in [0.1, 0.15) is 11.4 Å². The number of ether oxygens (including phenoxy) is 2. The van der Waals surface area contributed by atoms with Gasteiger partial charge in [-0.2, -0.15) is 0 Å². The maximum atomic E-state index is 11.3. The van der Waals surface area contributed by atoms with Gasteiger partial charge < -0.3 is 9.47 Å². The number of benzene rings is 1. The van der Waals surface area contributed by atoms with Crippen molar-refractivity contribution in [2.45, 2.75) is 0 Å². The van der Waals surface area contributed by atoms with Crippen LogP contribution in [0, 0.1) is 0 Å². The highest BCUT2D eigenvalue weighted by Crippen LogP contribution is 2.25. The molecular formula is C11H10BrN3O3. The third-order valence-corrected chi connectivity index (χ3v) is 2.73. The predicted molar refractivity (Wildman–Crippen MR) is 69.8 cm³/mol. The Balaban J connectivity index is 3.19. The number of halogens is 1. The van der Waals surface area contributed by atoms with Crippen LogP contribution in [0.5, 0.6) is 5.75 Å². The highest BCUT2D eigenvalue weighted by molar-refractivity contribution is 9.10. The molecule has 18 heavy (non-hydrogen) atoms. The summed E-state index contributed by atoms with van der Waals surface area (Å²) in [4.78, 5) is 13.9. The second-order valence-corrected chi connectivity index (χ2v) is 3.95. The lowest BCUT2D eigenvalue weighted by Gasteiger charge is -2.04. The first kappa shape index (κ1) is 14.1. The molecule has 0 N–H and O–H groups in total. The lowest BCUT2D eigenvalue weighted by Crippen LogP contribution is -2.02. The van der Waals surface area contributed by atoms with Crippen LogP contribution in [-0.2, 0) is 9.53 Å². The number of hydrogen-bond donors (Lipinski definition) is 0. The first-order valence-corrected chi connectivity index (χ1v) is 5.60. The van der Waals surface area contributed by atoms with Gasteiger partial charge in [0.25, 0.3) is 0 Å². The average molecular weight is 312 g/mol. The summed E-state index contributed by atoms with van der Waals surface area (Å²) in [5, 5.41) is 3.29. The second kappa shape index (κ2) is 6.68. The minimum Gasteiger partial charge on any atom is -0.497 e. The van der Waals surface area contributed by atoms with Crippen LogP contribution in [0.3, 0.4) is 0 Å². The van der Waals surface area contributed by atoms with Gasteiger partial charge in [0, 0.05) is 9.38 Å². The second-order valence-electron chi connectivity index (χ2n) is 3.10. The molecule has 0 spiro atoms. The van der Waals surface area contributed by atoms with Crippen LogP contribution in [0.4, 0.5) is 0 Å². The summed E-state index contributed by atoms with van der Waals surface area (Å²) in [6, 6.07) is 5.18. The minimum absolute atomic E-state index is 0.120. The standard InChI is InChI=1S/C11H10BrN3O3/c1-17-8-4-3-7(9(12)6-8)5-10(14-15-13)11(16)18-2/h3-6H,1-2H3. The molecule has 0 unspecified atom stereocenters. The molecule has 6 nitrogen and oxygen atoms in total. The molecule has 0 aliphatic rings. The van der Waals surface area contributed by atoms with Gasteiger partial charge in [0.2, 0.25) is 0 Å². The number of methoxy groups -OCH3 is 2. The Morgan fingerprint density at radius 1 is 1.50 bits per heavy atom. The van der Waals surface area contributed by atoms with Gasteiger partial charge in [-0.1, -0.05) is 27.1 Å². The van der Waals surface area contributed by atoms with Crippen molar-refractivity contribution < 1.29 is 14.3 Å². The Kier molecular flexibility index (Phi) is 5.23. The van der Waals surface area contributed by atoms with Gasteiger partial charge >= 0.3 is 5.97 Å². The molecule has 0 aliphatic heterocycles. The molecule has 0 atom stereocenters. The van der Waals surface area contributed by atoms with Crippen molar-refractivity contribution >= 4 is 28.0 Å². The van der Waals surface area contributed by atoms with E-state index in [9.17, 15) is 4.79 Å². The lowest BCUT2D eigenvalue weighted by molar-refractivity contribution is -0.136. The summed E-state index contributed by atoms with van der Waals surface area (Å²) >= 11 is 3.33. The molecule has 7 heteroatoms. The van der Waals surface area contributed by atoms with Crippen LogP contribution < -0.4 is 4.74 Å². The third kappa shape index (κ3) is 3.51. The maximum Gasteiger partial charge on any atom is 0.340 e. The lowest BCUT2D eigenvalue weighted by atomic mass is 10.2. The minimum atomic E-state index is -0.699. The quantitative estimate of drug-likeness (QED) is 0.281. The van der Waals surface area contributed by atoms with Crippen molar-refractivity contribution in [2.24, 2.45) is 5.11 Å². The van der Waals surface area contributed by atoms with E-state index >= 15 is 0 Å². The van der Waals surface area contributed by atoms with E-state index in [-0.39, 0.29) is 5.70 Å². The summed E-state index contributed by atoms with van der Waals surface area (Å²) in [7, 11) is 2.77. The molecule has 0 fully saturated rings. The van der Waals surface area contributed by atoms with E-state index < -0.39 is 5.97 Å². The number of azide groups is 1. The fraction of sp³-hybridized carbons (Fsp3) is 0.182. The Hall–Kier alpha value is -1.98. The number of carbonyl (C=O) groups excluding carboxylic acids is 1. The number of hydrogen-bond acceptors (Lipinski definition) is 4. The molecule has 0 bridgehead atoms. The highest BCUT2D eigenvalue weighted by Gasteiger charge is 2.09. The Bertz CT molecular complexity index is 536. The molecule has 0 amide bonds. The molecule has 1 aromatic carbocycles. The number of esters is 1. The zero-order valence-electron chi connectivity index (χ0n) is 9.75. The van der Waals surface area contributed by atoms with E-state index in [0.717, 1.165) is 0 Å². The van der Waals surface area contributed by atoms with Crippen molar-refractivity contribution in [3.05, 3.63) is 44.4 Å². The normalized spacial score (nSPS) is 10.5. The van der Waals surface area contributed by atoms with Crippen LogP contribution in [0.25, 0.3) is 16.5 Å². The first-order chi connectivity index (χ1) is 8.62. The first-order valence-electron chi connectivity index (χ1n) is 4.81. The predicted octanol–water partition coefficient (Wildman–Crippen LogP) is 3.28. The van der Waals surface area contributed by atoms with Gasteiger partial charge in [-0.25, -0.2) is 4.79 Å². The van der Waals surface area contributed by atoms with Crippen molar-refractivity contribution in [1.29, 1.82) is 0 Å². The van der Waals surface area contributed by atoms with E-state index in [2.05, 4.69) is 30.7 Å². The fourth-order valence-electron chi connectivity index (χ4n) is 1.18. The number of nitrogens with zero attached hydrogens (tertiary/aromatic N) is 3. The largest absolute Gasteiger partial charge is 0.497 e. The molecule has 0 saturated heterocycles. The molecule has 0 aliphatic carbocycles. The monoisotopic (exact) mass is 311 g/mol. The third-order valence-electron chi connectivity index (χ3n) is 2.05. The Morgan fingerprint density at radius 2 is 2.22 bits per heavy atom. The highest BCUT2D eigenvalue weighted by atomic mass is 79.9. The summed E-state index contributed by atoms with van der Waals surface area (Å²) in [5.41, 5.74) is 8.94. The molecule has 94 valence electrons. The summed E-state index contributed by atoms with van der Waals surface area (Å²) < 4.78 is 10.3. The maximum absolute atomic E-state index is 11.3. The van der Waals surface area contributed by atoms with Crippen molar-refractivity contribution in [1.82, 2.24) is 0 Å². The van der Waals surface area contributed by atoms with Crippen LogP contribution in [0.15, 0.2) is 33.5 Å². The van der Waals surface area contributed by atoms with E-state index in [1.54, 1.807) is 25.3 Å². The molecule has 1 aromatic rings. The van der Waals surface area contributed by atoms with Crippen molar-refractivity contribution in [2.75, 3.05) is 14.2 Å². The zero-order chi connectivity index (χ0) is 13.5. The van der Waals surface area contributed by atoms with E-state index in [1.807, 2.05) is 0 Å². The topological polar surface area (TPSA) is 84.3 Å². The van der Waals surface area contributed by atoms with Gasteiger partial charge in [-0.15, -0.1) is 0 Å². The van der Waals surface area contributed by atoms with E-state index in [4.69, 9.17) is 10.3 Å². The van der Waals surface area contributed by atoms with Crippen molar-refractivity contribution in [3.63, 3.8) is 0 Å². The van der Waals surface area contributed by atoms with Gasteiger partial charge in [0.15, 0.2) is 0 Å². The SMILES string of the molecule is COC(=O)C(=Cc1ccc(OC)cc1Br)N=[N+]=[N-]. The summed E-state index contributed by atoms with van der Waals surface area (Å²) in [6.45, 7) is 0. The molecule has 0 aromatic heterocycles. The van der Waals surface area contributed by atoms with E-state index in [0.29, 0.717) is 15.8 Å². The molecule has 0 heterocycles. The Morgan fingerprint density at radius 3 is 2.72 bits per heavy atom. The van der Waals surface area contributed by atoms with Gasteiger partial charge in [0.05, 0.1) is 14.2 Å². The number of rotatable bonds is 4. The van der Waals surface area contributed by atoms with Crippen LogP contribution in [-0.4, -0.2) is 20.2 Å². The Labute approximate surface area is 112 Å². The van der Waals surface area contributed by atoms with E-state index in [1.165, 1.54) is 13.2 Å². The van der Waals surface area contributed by atoms with Crippen LogP contribution >= 0.6 is 15.9 Å². The van der Waals surface area contributed by atoms with Crippen molar-refractivity contribution in [3.8, 4) is 5.75 Å². The zero-order valence-corrected chi connectivity index (χ0v) is 11.3. The molecule has 0 saturated carbocycles. The number of carbonyl (C=O) groups is 1. The van der Waals surface area contributed by atoms with Gasteiger partial charge in [-0.3, -0.25) is 0 Å². The molecule has 1 rings (SSSR count). The smallest absolute Gasteiger partial charge is 0.340 e. The summed E-state index contributed by atoms with van der Waals surface area (Å²) in [5.74, 6) is -0.0297. The van der Waals surface area contributed by atoms with Gasteiger partial charge in [-0.05, 0) is 29.3 Å². The summed E-state index contributed by atoms with van der Waals surface area (Å²) in [6.07, 6.45) is 1.43. The van der Waals surface area contributed by atoms with Crippen LogP contribution in [0.1, 0.15) is 5.56 Å². The molecule has 0 radical (unpaired) electrons. The average Bonchev–Trinajstić information content (AvgIpc) is 2.39. The fourth-order valence-corrected chi connectivity index (χ4v) is 1.65. The molecular weight excluding hydrogens is 302 g/mol. The van der Waals surface area contributed by atoms with Crippen LogP contribution in [0.2, 0.25) is 0 Å².